The van der Waals surface area contributed by atoms with E-state index in [1.807, 2.05) is 0 Å². The summed E-state index contributed by atoms with van der Waals surface area (Å²) in [6.45, 7) is 1.72. The summed E-state index contributed by atoms with van der Waals surface area (Å²) in [7, 11) is 0. The van der Waals surface area contributed by atoms with Crippen molar-refractivity contribution in [3.05, 3.63) is 18.2 Å². The Labute approximate surface area is 115 Å². The quantitative estimate of drug-likeness (QED) is 0.871. The van der Waals surface area contributed by atoms with Gasteiger partial charge in [-0.05, 0) is 37.3 Å². The molecule has 18 heavy (non-hydrogen) atoms. The molecule has 1 aromatic heterocycles. The topological polar surface area (TPSA) is 34.2 Å². The lowest BCUT2D eigenvalue weighted by Crippen LogP contribution is -2.29. The minimum Gasteiger partial charge on any atom is -0.380 e. The number of aromatic nitrogens is 1. The van der Waals surface area contributed by atoms with Crippen molar-refractivity contribution in [2.75, 3.05) is 24.8 Å². The van der Waals surface area contributed by atoms with E-state index in [-0.39, 0.29) is 0 Å². The van der Waals surface area contributed by atoms with Crippen LogP contribution in [0.25, 0.3) is 10.2 Å². The van der Waals surface area contributed by atoms with Crippen molar-refractivity contribution in [2.24, 2.45) is 0 Å². The van der Waals surface area contributed by atoms with Gasteiger partial charge in [-0.2, -0.15) is 0 Å². The Morgan fingerprint density at radius 2 is 2.44 bits per heavy atom. The average Bonchev–Trinajstić information content (AvgIpc) is 2.82. The minimum atomic E-state index is 0.448. The maximum atomic E-state index is 5.49. The summed E-state index contributed by atoms with van der Waals surface area (Å²) in [5.41, 5.74) is 2.27. The molecule has 0 saturated carbocycles. The van der Waals surface area contributed by atoms with Crippen molar-refractivity contribution < 1.29 is 4.74 Å². The number of hydrogen-bond donors (Lipinski definition) is 1. The molecule has 1 N–H and O–H groups in total. The van der Waals surface area contributed by atoms with Crippen LogP contribution in [0, 0.1) is 0 Å². The molecule has 0 amide bonds. The molecule has 0 radical (unpaired) electrons. The van der Waals surface area contributed by atoms with Gasteiger partial charge in [0.05, 0.1) is 16.8 Å². The van der Waals surface area contributed by atoms with E-state index in [0.29, 0.717) is 6.04 Å². The molecular formula is C13H16N2OS2. The van der Waals surface area contributed by atoms with Gasteiger partial charge >= 0.3 is 0 Å². The fourth-order valence-corrected chi connectivity index (χ4v) is 3.70. The van der Waals surface area contributed by atoms with Crippen LogP contribution < -0.4 is 5.32 Å². The van der Waals surface area contributed by atoms with Crippen LogP contribution in [0.3, 0.4) is 0 Å². The van der Waals surface area contributed by atoms with Crippen LogP contribution in [-0.4, -0.2) is 30.5 Å². The number of rotatable bonds is 3. The van der Waals surface area contributed by atoms with Crippen molar-refractivity contribution in [1.82, 2.24) is 4.98 Å². The molecule has 1 atom stereocenters. The van der Waals surface area contributed by atoms with Gasteiger partial charge in [-0.25, -0.2) is 4.98 Å². The molecule has 1 aromatic carbocycles. The van der Waals surface area contributed by atoms with Gasteiger partial charge in [0.2, 0.25) is 0 Å². The van der Waals surface area contributed by atoms with E-state index < -0.39 is 0 Å². The van der Waals surface area contributed by atoms with Crippen molar-refractivity contribution in [3.8, 4) is 0 Å². The molecule has 0 bridgehead atoms. The smallest absolute Gasteiger partial charge is 0.150 e. The summed E-state index contributed by atoms with van der Waals surface area (Å²) >= 11 is 3.46. The first-order valence-electron chi connectivity index (χ1n) is 6.14. The fraction of sp³-hybridized carbons (Fsp3) is 0.462. The third kappa shape index (κ3) is 2.63. The molecule has 3 nitrogen and oxygen atoms in total. The van der Waals surface area contributed by atoms with E-state index in [0.717, 1.165) is 29.5 Å². The molecule has 5 heteroatoms. The first-order valence-corrected chi connectivity index (χ1v) is 8.18. The second-order valence-corrected chi connectivity index (χ2v) is 6.51. The highest BCUT2D eigenvalue weighted by Crippen LogP contribution is 2.30. The molecule has 2 heterocycles. The first-order chi connectivity index (χ1) is 8.85. The van der Waals surface area contributed by atoms with E-state index in [2.05, 4.69) is 34.8 Å². The van der Waals surface area contributed by atoms with Gasteiger partial charge in [0, 0.05) is 18.3 Å². The molecule has 1 fully saturated rings. The van der Waals surface area contributed by atoms with E-state index in [1.54, 1.807) is 23.1 Å². The Hall–Kier alpha value is -0.780. The molecule has 1 aliphatic rings. The normalized spacial score (nSPS) is 20.2. The van der Waals surface area contributed by atoms with Gasteiger partial charge in [-0.1, -0.05) is 11.8 Å². The van der Waals surface area contributed by atoms with Crippen LogP contribution in [0.1, 0.15) is 12.8 Å². The first kappa shape index (κ1) is 12.3. The second kappa shape index (κ2) is 5.47. The number of thiazole rings is 1. The number of nitrogens with one attached hydrogen (secondary N) is 1. The number of ether oxygens (including phenoxy) is 1. The number of nitrogens with zero attached hydrogens (tertiary/aromatic N) is 1. The number of thioether (sulfide) groups is 1. The van der Waals surface area contributed by atoms with Gasteiger partial charge in [0.25, 0.3) is 0 Å². The Morgan fingerprint density at radius 3 is 3.22 bits per heavy atom. The van der Waals surface area contributed by atoms with E-state index >= 15 is 0 Å². The van der Waals surface area contributed by atoms with E-state index in [1.165, 1.54) is 16.8 Å². The largest absolute Gasteiger partial charge is 0.380 e. The van der Waals surface area contributed by atoms with Crippen LogP contribution in [0.2, 0.25) is 0 Å². The van der Waals surface area contributed by atoms with Gasteiger partial charge in [-0.15, -0.1) is 11.3 Å². The fourth-order valence-electron chi connectivity index (χ4n) is 2.17. The summed E-state index contributed by atoms with van der Waals surface area (Å²) in [5, 5.41) is 3.55. The zero-order valence-electron chi connectivity index (χ0n) is 10.3. The lowest BCUT2D eigenvalue weighted by Gasteiger charge is -2.24. The van der Waals surface area contributed by atoms with Crippen molar-refractivity contribution in [3.63, 3.8) is 0 Å². The lowest BCUT2D eigenvalue weighted by molar-refractivity contribution is 0.0876. The Balaban J connectivity index is 1.79. The molecule has 2 aromatic rings. The van der Waals surface area contributed by atoms with Gasteiger partial charge in [0.15, 0.2) is 4.34 Å². The Morgan fingerprint density at radius 1 is 1.50 bits per heavy atom. The van der Waals surface area contributed by atoms with E-state index in [9.17, 15) is 0 Å². The number of anilines is 1. The predicted octanol–water partition coefficient (Wildman–Crippen LogP) is 3.61. The zero-order valence-corrected chi connectivity index (χ0v) is 11.9. The highest BCUT2D eigenvalue weighted by Gasteiger charge is 2.13. The number of benzene rings is 1. The summed E-state index contributed by atoms with van der Waals surface area (Å²) in [4.78, 5) is 4.55. The maximum Gasteiger partial charge on any atom is 0.150 e. The lowest BCUT2D eigenvalue weighted by atomic mass is 10.1. The number of hydrogen-bond acceptors (Lipinski definition) is 5. The van der Waals surface area contributed by atoms with Crippen LogP contribution >= 0.6 is 23.1 Å². The second-order valence-electron chi connectivity index (χ2n) is 4.42. The van der Waals surface area contributed by atoms with Crippen LogP contribution in [0.5, 0.6) is 0 Å². The van der Waals surface area contributed by atoms with Gasteiger partial charge in [-0.3, -0.25) is 0 Å². The molecule has 0 spiro atoms. The summed E-state index contributed by atoms with van der Waals surface area (Å²) in [6.07, 6.45) is 4.41. The van der Waals surface area contributed by atoms with Crippen molar-refractivity contribution >= 4 is 39.0 Å². The summed E-state index contributed by atoms with van der Waals surface area (Å²) in [5.74, 6) is 0. The van der Waals surface area contributed by atoms with Crippen molar-refractivity contribution in [2.45, 2.75) is 23.2 Å². The summed E-state index contributed by atoms with van der Waals surface area (Å²) in [6, 6.07) is 6.85. The number of fused-ring (bicyclic) bond motifs is 1. The van der Waals surface area contributed by atoms with Crippen LogP contribution in [0.15, 0.2) is 22.5 Å². The molecule has 1 saturated heterocycles. The van der Waals surface area contributed by atoms with Crippen molar-refractivity contribution in [1.29, 1.82) is 0 Å². The highest BCUT2D eigenvalue weighted by molar-refractivity contribution is 8.00. The molecule has 1 aliphatic heterocycles. The molecule has 3 rings (SSSR count). The Bertz CT molecular complexity index is 535. The highest BCUT2D eigenvalue weighted by atomic mass is 32.2. The van der Waals surface area contributed by atoms with Crippen LogP contribution in [-0.2, 0) is 4.74 Å². The standard InChI is InChI=1S/C13H16N2OS2/c1-17-13-15-11-5-4-9(7-12(11)18-13)14-10-3-2-6-16-8-10/h4-5,7,10,14H,2-3,6,8H2,1H3. The predicted molar refractivity (Wildman–Crippen MR) is 78.9 cm³/mol. The molecule has 96 valence electrons. The molecule has 0 aliphatic carbocycles. The third-order valence-corrected chi connectivity index (χ3v) is 5.08. The monoisotopic (exact) mass is 280 g/mol. The van der Waals surface area contributed by atoms with Crippen LogP contribution in [0.4, 0.5) is 5.69 Å². The van der Waals surface area contributed by atoms with E-state index in [4.69, 9.17) is 4.74 Å². The SMILES string of the molecule is CSc1nc2ccc(NC3CCCOC3)cc2s1. The average molecular weight is 280 g/mol. The molecular weight excluding hydrogens is 264 g/mol. The summed E-state index contributed by atoms with van der Waals surface area (Å²) < 4.78 is 7.87. The Kier molecular flexibility index (Phi) is 3.72. The van der Waals surface area contributed by atoms with Gasteiger partial charge in [0.1, 0.15) is 0 Å². The van der Waals surface area contributed by atoms with Gasteiger partial charge < -0.3 is 10.1 Å². The molecule has 1 unspecified atom stereocenters. The third-order valence-electron chi connectivity index (χ3n) is 3.07. The maximum absolute atomic E-state index is 5.49. The zero-order chi connectivity index (χ0) is 12.4. The minimum absolute atomic E-state index is 0.448.